The Hall–Kier alpha value is -1.50. The Morgan fingerprint density at radius 2 is 2.08 bits per heavy atom. The van der Waals surface area contributed by atoms with Crippen LogP contribution >= 0.6 is 0 Å². The molecule has 1 rings (SSSR count). The van der Waals surface area contributed by atoms with Gasteiger partial charge in [-0.05, 0) is 12.1 Å². The van der Waals surface area contributed by atoms with Crippen molar-refractivity contribution in [2.24, 2.45) is 0 Å². The molecule has 0 aliphatic carbocycles. The van der Waals surface area contributed by atoms with E-state index in [1.54, 1.807) is 13.0 Å². The van der Waals surface area contributed by atoms with Crippen LogP contribution in [0.2, 0.25) is 0 Å². The fourth-order valence-corrected chi connectivity index (χ4v) is 1.10. The Bertz CT molecular complexity index is 384. The molecule has 0 amide bonds. The molecule has 0 unspecified atom stereocenters. The van der Waals surface area contributed by atoms with Crippen molar-refractivity contribution in [1.82, 2.24) is 0 Å². The molecule has 1 aromatic rings. The van der Waals surface area contributed by atoms with Crippen molar-refractivity contribution in [3.63, 3.8) is 0 Å². The molecule has 0 aromatic heterocycles. The number of allylic oxidation sites excluding steroid dienone is 1. The normalized spacial score (nSPS) is 14.2. The van der Waals surface area contributed by atoms with Crippen LogP contribution in [0.25, 0.3) is 11.8 Å². The Morgan fingerprint density at radius 1 is 1.42 bits per heavy atom. The summed E-state index contributed by atoms with van der Waals surface area (Å²) in [6.45, 7) is 5.29. The van der Waals surface area contributed by atoms with Gasteiger partial charge < -0.3 is 5.11 Å². The molecule has 62 valence electrons. The third-order valence-electron chi connectivity index (χ3n) is 1.65. The largest absolute Gasteiger partial charge is 0.512 e. The summed E-state index contributed by atoms with van der Waals surface area (Å²) in [4.78, 5) is 0. The smallest absolute Gasteiger partial charge is 0.0969 e. The minimum Gasteiger partial charge on any atom is -0.512 e. The lowest BCUT2D eigenvalue weighted by molar-refractivity contribution is 0.498. The van der Waals surface area contributed by atoms with Crippen molar-refractivity contribution in [1.29, 1.82) is 0 Å². The number of rotatable bonds is 1. The van der Waals surface area contributed by atoms with Gasteiger partial charge in [0.05, 0.1) is 5.76 Å². The summed E-state index contributed by atoms with van der Waals surface area (Å²) in [7, 11) is 0. The van der Waals surface area contributed by atoms with Gasteiger partial charge >= 0.3 is 0 Å². The summed E-state index contributed by atoms with van der Waals surface area (Å²) in [6, 6.07) is 7.65. The van der Waals surface area contributed by atoms with Crippen LogP contribution in [0.3, 0.4) is 0 Å². The van der Waals surface area contributed by atoms with E-state index in [0.717, 1.165) is 10.4 Å². The molecule has 1 heteroatoms. The number of aliphatic hydroxyl groups is 1. The van der Waals surface area contributed by atoms with E-state index in [1.165, 1.54) is 0 Å². The van der Waals surface area contributed by atoms with E-state index in [0.29, 0.717) is 5.76 Å². The zero-order chi connectivity index (χ0) is 8.97. The molecule has 1 aromatic carbocycles. The molecule has 0 radical (unpaired) electrons. The van der Waals surface area contributed by atoms with Gasteiger partial charge in [-0.1, -0.05) is 43.0 Å². The molecule has 0 aliphatic rings. The zero-order valence-corrected chi connectivity index (χ0v) is 7.12. The molecular weight excluding hydrogens is 148 g/mol. The third-order valence-corrected chi connectivity index (χ3v) is 1.65. The lowest BCUT2D eigenvalue weighted by Gasteiger charge is -1.91. The van der Waals surface area contributed by atoms with Crippen LogP contribution in [0.4, 0.5) is 0 Å². The Balaban J connectivity index is 3.60. The maximum absolute atomic E-state index is 9.29. The standard InChI is InChI=1S/C11H12O/c1-3-6-10-7-4-5-8-11(10)9(2)12/h3-8,12H,1H2,2H3/b10-6-,11-9+. The van der Waals surface area contributed by atoms with Crippen molar-refractivity contribution in [2.45, 2.75) is 6.92 Å². The SMILES string of the molecule is C=C/C=c1/cccc/c1=C(/C)O. The fourth-order valence-electron chi connectivity index (χ4n) is 1.10. The molecule has 0 bridgehead atoms. The Morgan fingerprint density at radius 3 is 2.67 bits per heavy atom. The quantitative estimate of drug-likeness (QED) is 0.657. The van der Waals surface area contributed by atoms with Crippen LogP contribution < -0.4 is 10.4 Å². The minimum absolute atomic E-state index is 0.337. The van der Waals surface area contributed by atoms with Gasteiger partial charge in [-0.3, -0.25) is 0 Å². The summed E-state index contributed by atoms with van der Waals surface area (Å²) >= 11 is 0. The van der Waals surface area contributed by atoms with Gasteiger partial charge in [0.25, 0.3) is 0 Å². The van der Waals surface area contributed by atoms with Gasteiger partial charge in [0.2, 0.25) is 0 Å². The highest BCUT2D eigenvalue weighted by Gasteiger charge is 1.86. The first-order valence-electron chi connectivity index (χ1n) is 3.83. The summed E-state index contributed by atoms with van der Waals surface area (Å²) in [5, 5.41) is 11.1. The minimum atomic E-state index is 0.337. The highest BCUT2D eigenvalue weighted by atomic mass is 16.3. The number of hydrogen-bond donors (Lipinski definition) is 1. The van der Waals surface area contributed by atoms with Gasteiger partial charge in [0.1, 0.15) is 0 Å². The van der Waals surface area contributed by atoms with E-state index >= 15 is 0 Å². The van der Waals surface area contributed by atoms with Gasteiger partial charge in [-0.25, -0.2) is 0 Å². The lowest BCUT2D eigenvalue weighted by Crippen LogP contribution is -2.25. The Kier molecular flexibility index (Phi) is 2.70. The fraction of sp³-hybridized carbons (Fsp3) is 0.0909. The van der Waals surface area contributed by atoms with E-state index in [4.69, 9.17) is 0 Å². The van der Waals surface area contributed by atoms with Crippen molar-refractivity contribution < 1.29 is 5.11 Å². The van der Waals surface area contributed by atoms with E-state index in [1.807, 2.05) is 30.3 Å². The predicted molar refractivity (Wildman–Crippen MR) is 52.1 cm³/mol. The van der Waals surface area contributed by atoms with Crippen molar-refractivity contribution >= 4 is 11.8 Å². The molecule has 0 saturated heterocycles. The summed E-state index contributed by atoms with van der Waals surface area (Å²) in [5.74, 6) is 0.337. The molecule has 12 heavy (non-hydrogen) atoms. The monoisotopic (exact) mass is 160 g/mol. The first-order valence-corrected chi connectivity index (χ1v) is 3.83. The maximum Gasteiger partial charge on any atom is 0.0969 e. The van der Waals surface area contributed by atoms with E-state index < -0.39 is 0 Å². The van der Waals surface area contributed by atoms with E-state index in [2.05, 4.69) is 6.58 Å². The van der Waals surface area contributed by atoms with E-state index in [9.17, 15) is 5.11 Å². The van der Waals surface area contributed by atoms with Crippen molar-refractivity contribution in [3.05, 3.63) is 47.4 Å². The van der Waals surface area contributed by atoms with Crippen LogP contribution in [-0.4, -0.2) is 5.11 Å². The first kappa shape index (κ1) is 8.60. The van der Waals surface area contributed by atoms with Gasteiger partial charge in [-0.2, -0.15) is 0 Å². The molecule has 0 saturated carbocycles. The second kappa shape index (κ2) is 3.77. The second-order valence-electron chi connectivity index (χ2n) is 2.58. The predicted octanol–water partition coefficient (Wildman–Crippen LogP) is 1.34. The molecular formula is C11H12O. The van der Waals surface area contributed by atoms with Crippen LogP contribution in [0, 0.1) is 0 Å². The third kappa shape index (κ3) is 1.76. The van der Waals surface area contributed by atoms with Gasteiger partial charge in [0.15, 0.2) is 0 Å². The van der Waals surface area contributed by atoms with Crippen molar-refractivity contribution in [2.75, 3.05) is 0 Å². The summed E-state index contributed by atoms with van der Waals surface area (Å²) in [6.07, 6.45) is 3.58. The van der Waals surface area contributed by atoms with E-state index in [-0.39, 0.29) is 0 Å². The zero-order valence-electron chi connectivity index (χ0n) is 7.12. The molecule has 0 atom stereocenters. The van der Waals surface area contributed by atoms with Crippen LogP contribution in [0.15, 0.2) is 36.9 Å². The number of hydrogen-bond acceptors (Lipinski definition) is 1. The summed E-state index contributed by atoms with van der Waals surface area (Å²) in [5.41, 5.74) is 0. The van der Waals surface area contributed by atoms with Gasteiger partial charge in [0, 0.05) is 5.22 Å². The number of aliphatic hydroxyl groups excluding tert-OH is 1. The highest BCUT2D eigenvalue weighted by Crippen LogP contribution is 1.79. The lowest BCUT2D eigenvalue weighted by atomic mass is 10.2. The molecule has 0 heterocycles. The van der Waals surface area contributed by atoms with Gasteiger partial charge in [-0.15, -0.1) is 0 Å². The molecule has 0 fully saturated rings. The maximum atomic E-state index is 9.29. The molecule has 0 aliphatic heterocycles. The molecule has 1 N–H and O–H groups in total. The van der Waals surface area contributed by atoms with Crippen LogP contribution in [-0.2, 0) is 0 Å². The Labute approximate surface area is 72.0 Å². The second-order valence-corrected chi connectivity index (χ2v) is 2.58. The molecule has 1 nitrogen and oxygen atoms in total. The average Bonchev–Trinajstić information content (AvgIpc) is 2.05. The summed E-state index contributed by atoms with van der Waals surface area (Å²) < 4.78 is 0. The molecule has 0 spiro atoms. The number of benzene rings is 1. The highest BCUT2D eigenvalue weighted by molar-refractivity contribution is 5.40. The van der Waals surface area contributed by atoms with Crippen LogP contribution in [0.5, 0.6) is 0 Å². The average molecular weight is 160 g/mol. The van der Waals surface area contributed by atoms with Crippen LogP contribution in [0.1, 0.15) is 6.92 Å². The first-order chi connectivity index (χ1) is 5.75. The van der Waals surface area contributed by atoms with Crippen molar-refractivity contribution in [3.8, 4) is 0 Å². The topological polar surface area (TPSA) is 20.2 Å².